The molecular weight excluding hydrogens is 310 g/mol. The molecule has 2 N–H and O–H groups in total. The number of methoxy groups -OCH3 is 1. The highest BCUT2D eigenvalue weighted by Crippen LogP contribution is 2.35. The van der Waals surface area contributed by atoms with E-state index in [4.69, 9.17) is 10.5 Å². The summed E-state index contributed by atoms with van der Waals surface area (Å²) in [5.74, 6) is 0.758. The van der Waals surface area contributed by atoms with Gasteiger partial charge < -0.3 is 10.5 Å². The van der Waals surface area contributed by atoms with Gasteiger partial charge in [-0.25, -0.2) is 0 Å². The Labute approximate surface area is 149 Å². The zero-order chi connectivity index (χ0) is 18.2. The van der Waals surface area contributed by atoms with Crippen LogP contribution in [0.15, 0.2) is 30.3 Å². The fraction of sp³-hybridized carbons (Fsp3) is 0.333. The van der Waals surface area contributed by atoms with Gasteiger partial charge in [-0.3, -0.25) is 0 Å². The van der Waals surface area contributed by atoms with Crippen LogP contribution in [0, 0.1) is 22.7 Å². The first-order valence-electron chi connectivity index (χ1n) is 8.56. The molecule has 0 saturated heterocycles. The summed E-state index contributed by atoms with van der Waals surface area (Å²) in [6.07, 6.45) is 5.33. The van der Waals surface area contributed by atoms with E-state index in [0.717, 1.165) is 41.7 Å². The molecule has 0 aliphatic heterocycles. The lowest BCUT2D eigenvalue weighted by atomic mass is 9.88. The summed E-state index contributed by atoms with van der Waals surface area (Å²) in [6.45, 7) is 2.17. The van der Waals surface area contributed by atoms with Gasteiger partial charge in [-0.15, -0.1) is 0 Å². The quantitative estimate of drug-likeness (QED) is 0.582. The smallest absolute Gasteiger partial charge is 0.118 e. The van der Waals surface area contributed by atoms with E-state index in [1.807, 2.05) is 30.3 Å². The summed E-state index contributed by atoms with van der Waals surface area (Å²) in [7, 11) is 1.62. The lowest BCUT2D eigenvalue weighted by molar-refractivity contribution is 0.415. The van der Waals surface area contributed by atoms with Crippen molar-refractivity contribution in [2.24, 2.45) is 0 Å². The zero-order valence-corrected chi connectivity index (χ0v) is 14.8. The van der Waals surface area contributed by atoms with Crippen LogP contribution in [0.3, 0.4) is 0 Å². The van der Waals surface area contributed by atoms with E-state index in [1.165, 1.54) is 12.8 Å². The van der Waals surface area contributed by atoms with Gasteiger partial charge >= 0.3 is 0 Å². The summed E-state index contributed by atoms with van der Waals surface area (Å²) >= 11 is 0. The number of unbranched alkanes of at least 4 members (excludes halogenated alkanes) is 3. The van der Waals surface area contributed by atoms with Crippen molar-refractivity contribution in [1.29, 1.82) is 10.5 Å². The third-order valence-electron chi connectivity index (χ3n) is 4.36. The van der Waals surface area contributed by atoms with Crippen LogP contribution in [-0.4, -0.2) is 7.11 Å². The Balaban J connectivity index is 2.55. The second-order valence-corrected chi connectivity index (χ2v) is 6.01. The molecule has 2 aromatic rings. The normalized spacial score (nSPS) is 10.1. The lowest BCUT2D eigenvalue weighted by Crippen LogP contribution is -2.03. The summed E-state index contributed by atoms with van der Waals surface area (Å²) in [4.78, 5) is 0. The third kappa shape index (κ3) is 4.11. The molecule has 4 heteroatoms. The number of rotatable bonds is 7. The molecular formula is C21H23N3O. The maximum atomic E-state index is 9.65. The van der Waals surface area contributed by atoms with Crippen molar-refractivity contribution in [2.45, 2.75) is 39.0 Å². The minimum absolute atomic E-state index is 0.258. The minimum Gasteiger partial charge on any atom is -0.497 e. The van der Waals surface area contributed by atoms with E-state index in [-0.39, 0.29) is 5.69 Å². The van der Waals surface area contributed by atoms with Crippen LogP contribution in [-0.2, 0) is 6.42 Å². The molecule has 0 unspecified atom stereocenters. The minimum atomic E-state index is 0.258. The van der Waals surface area contributed by atoms with Gasteiger partial charge in [0.1, 0.15) is 17.9 Å². The average molecular weight is 333 g/mol. The van der Waals surface area contributed by atoms with E-state index in [0.29, 0.717) is 11.1 Å². The van der Waals surface area contributed by atoms with Crippen molar-refractivity contribution in [3.8, 4) is 29.0 Å². The van der Waals surface area contributed by atoms with E-state index < -0.39 is 0 Å². The van der Waals surface area contributed by atoms with Crippen LogP contribution in [0.2, 0.25) is 0 Å². The maximum absolute atomic E-state index is 9.65. The van der Waals surface area contributed by atoms with Gasteiger partial charge in [-0.05, 0) is 42.2 Å². The number of benzene rings is 2. The van der Waals surface area contributed by atoms with E-state index >= 15 is 0 Å². The molecule has 0 bridgehead atoms. The second kappa shape index (κ2) is 8.76. The highest BCUT2D eigenvalue weighted by molar-refractivity contribution is 5.83. The Morgan fingerprint density at radius 1 is 1.04 bits per heavy atom. The zero-order valence-electron chi connectivity index (χ0n) is 14.8. The molecule has 0 radical (unpaired) electrons. The van der Waals surface area contributed by atoms with Crippen molar-refractivity contribution in [1.82, 2.24) is 0 Å². The number of nitrogens with two attached hydrogens (primary N) is 1. The fourth-order valence-corrected chi connectivity index (χ4v) is 2.99. The van der Waals surface area contributed by atoms with Crippen LogP contribution in [0.1, 0.15) is 49.3 Å². The first-order valence-corrected chi connectivity index (χ1v) is 8.56. The molecule has 0 fully saturated rings. The van der Waals surface area contributed by atoms with Crippen molar-refractivity contribution >= 4 is 5.69 Å². The number of nitrogen functional groups attached to an aromatic ring is 1. The van der Waals surface area contributed by atoms with Gasteiger partial charge in [0, 0.05) is 5.56 Å². The first-order chi connectivity index (χ1) is 12.2. The summed E-state index contributed by atoms with van der Waals surface area (Å²) in [5, 5.41) is 19.0. The SMILES string of the molecule is CCCCCCc1cc(C#N)c(N)c(C#N)c1-c1ccc(OC)cc1. The molecule has 0 saturated carbocycles. The maximum Gasteiger partial charge on any atom is 0.118 e. The standard InChI is InChI=1S/C21H23N3O/c1-3-4-5-6-7-16-12-17(13-22)21(24)19(14-23)20(16)15-8-10-18(25-2)11-9-15/h8-12H,3-7,24H2,1-2H3. The number of aryl methyl sites for hydroxylation is 1. The number of anilines is 1. The highest BCUT2D eigenvalue weighted by Gasteiger charge is 2.17. The Kier molecular flexibility index (Phi) is 6.43. The van der Waals surface area contributed by atoms with Crippen LogP contribution < -0.4 is 10.5 Å². The van der Waals surface area contributed by atoms with E-state index in [2.05, 4.69) is 19.1 Å². The van der Waals surface area contributed by atoms with Gasteiger partial charge in [0.15, 0.2) is 0 Å². The molecule has 2 rings (SSSR count). The largest absolute Gasteiger partial charge is 0.497 e. The lowest BCUT2D eigenvalue weighted by Gasteiger charge is -2.15. The van der Waals surface area contributed by atoms with Crippen LogP contribution in [0.4, 0.5) is 5.69 Å². The van der Waals surface area contributed by atoms with Gasteiger partial charge in [0.05, 0.1) is 23.9 Å². The van der Waals surface area contributed by atoms with E-state index in [9.17, 15) is 10.5 Å². The molecule has 2 aromatic carbocycles. The molecule has 128 valence electrons. The van der Waals surface area contributed by atoms with Crippen LogP contribution >= 0.6 is 0 Å². The molecule has 25 heavy (non-hydrogen) atoms. The fourth-order valence-electron chi connectivity index (χ4n) is 2.99. The van der Waals surface area contributed by atoms with Crippen molar-refractivity contribution in [3.63, 3.8) is 0 Å². The van der Waals surface area contributed by atoms with Crippen molar-refractivity contribution < 1.29 is 4.74 Å². The highest BCUT2D eigenvalue weighted by atomic mass is 16.5. The molecule has 0 spiro atoms. The second-order valence-electron chi connectivity index (χ2n) is 6.01. The Morgan fingerprint density at radius 3 is 2.32 bits per heavy atom. The molecule has 0 aromatic heterocycles. The van der Waals surface area contributed by atoms with Crippen LogP contribution in [0.5, 0.6) is 5.75 Å². The molecule has 0 amide bonds. The molecule has 0 heterocycles. The molecule has 0 aliphatic carbocycles. The average Bonchev–Trinajstić information content (AvgIpc) is 2.65. The topological polar surface area (TPSA) is 82.8 Å². The monoisotopic (exact) mass is 333 g/mol. The van der Waals surface area contributed by atoms with Gasteiger partial charge in [0.2, 0.25) is 0 Å². The summed E-state index contributed by atoms with van der Waals surface area (Å²) < 4.78 is 5.21. The van der Waals surface area contributed by atoms with Crippen LogP contribution in [0.25, 0.3) is 11.1 Å². The van der Waals surface area contributed by atoms with Gasteiger partial charge in [-0.2, -0.15) is 10.5 Å². The third-order valence-corrected chi connectivity index (χ3v) is 4.36. The number of hydrogen-bond acceptors (Lipinski definition) is 4. The van der Waals surface area contributed by atoms with Crippen molar-refractivity contribution in [3.05, 3.63) is 47.0 Å². The Bertz CT molecular complexity index is 811. The number of ether oxygens (including phenoxy) is 1. The number of nitrogens with zero attached hydrogens (tertiary/aromatic N) is 2. The predicted molar refractivity (Wildman–Crippen MR) is 100 cm³/mol. The predicted octanol–water partition coefficient (Wildman–Crippen LogP) is 4.81. The first kappa shape index (κ1) is 18.4. The number of hydrogen-bond donors (Lipinski definition) is 1. The summed E-state index contributed by atoms with van der Waals surface area (Å²) in [6, 6.07) is 13.7. The van der Waals surface area contributed by atoms with E-state index in [1.54, 1.807) is 7.11 Å². The Morgan fingerprint density at radius 2 is 1.76 bits per heavy atom. The van der Waals surface area contributed by atoms with Gasteiger partial charge in [-0.1, -0.05) is 38.3 Å². The Hall–Kier alpha value is -2.98. The van der Waals surface area contributed by atoms with Crippen molar-refractivity contribution in [2.75, 3.05) is 12.8 Å². The molecule has 0 atom stereocenters. The number of nitriles is 2. The molecule has 4 nitrogen and oxygen atoms in total. The summed E-state index contributed by atoms with van der Waals surface area (Å²) in [5.41, 5.74) is 9.84. The van der Waals surface area contributed by atoms with Gasteiger partial charge in [0.25, 0.3) is 0 Å². The molecule has 0 aliphatic rings.